The number of ether oxygens (including phenoxy) is 1. The van der Waals surface area contributed by atoms with Crippen LogP contribution in [0.15, 0.2) is 53.6 Å². The average molecular weight is 408 g/mol. The van der Waals surface area contributed by atoms with Crippen LogP contribution in [0.25, 0.3) is 0 Å². The largest absolute Gasteiger partial charge is 0.508 e. The molecule has 0 amide bonds. The van der Waals surface area contributed by atoms with Gasteiger partial charge in [-0.3, -0.25) is 4.79 Å². The van der Waals surface area contributed by atoms with E-state index in [9.17, 15) is 20.1 Å². The predicted molar refractivity (Wildman–Crippen MR) is 116 cm³/mol. The van der Waals surface area contributed by atoms with Gasteiger partial charge in [0.25, 0.3) is 0 Å². The molecule has 0 aromatic heterocycles. The number of hydrogen-bond acceptors (Lipinski definition) is 5. The number of phenolic OH excluding ortho intramolecular Hbond substituents is 3. The van der Waals surface area contributed by atoms with Crippen LogP contribution in [0, 0.1) is 0 Å². The maximum absolute atomic E-state index is 12.5. The summed E-state index contributed by atoms with van der Waals surface area (Å²) in [5.74, 6) is -0.329. The highest BCUT2D eigenvalue weighted by Crippen LogP contribution is 2.42. The maximum Gasteiger partial charge on any atom is 0.174 e. The van der Waals surface area contributed by atoms with Gasteiger partial charge in [-0.2, -0.15) is 0 Å². The van der Waals surface area contributed by atoms with Gasteiger partial charge in [0.05, 0.1) is 6.42 Å². The minimum absolute atomic E-state index is 0.0765. The molecule has 30 heavy (non-hydrogen) atoms. The van der Waals surface area contributed by atoms with Gasteiger partial charge in [-0.05, 0) is 63.3 Å². The molecule has 3 N–H and O–H groups in total. The van der Waals surface area contributed by atoms with Crippen LogP contribution in [0.4, 0.5) is 0 Å². The smallest absolute Gasteiger partial charge is 0.174 e. The first-order chi connectivity index (χ1) is 14.2. The van der Waals surface area contributed by atoms with E-state index in [4.69, 9.17) is 4.74 Å². The van der Waals surface area contributed by atoms with E-state index in [1.165, 1.54) is 11.6 Å². The molecule has 3 rings (SSSR count). The van der Waals surface area contributed by atoms with Gasteiger partial charge in [-0.25, -0.2) is 0 Å². The fraction of sp³-hybridized carbons (Fsp3) is 0.320. The van der Waals surface area contributed by atoms with E-state index < -0.39 is 6.10 Å². The Morgan fingerprint density at radius 1 is 1.03 bits per heavy atom. The van der Waals surface area contributed by atoms with Crippen molar-refractivity contribution >= 4 is 5.78 Å². The number of unbranched alkanes of at least 4 members (excludes halogenated alkanes) is 1. The first-order valence-corrected chi connectivity index (χ1v) is 10.1. The molecule has 0 bridgehead atoms. The van der Waals surface area contributed by atoms with Gasteiger partial charge in [-0.1, -0.05) is 29.4 Å². The van der Waals surface area contributed by atoms with Crippen LogP contribution >= 0.6 is 0 Å². The standard InChI is InChI=1S/C25H28O5/c1-15(2)6-4-5-7-16(3)10-18-11-17(8-9-20(18)27)23-14-22(29)25-21(28)12-19(26)13-24(25)30-23/h6-9,11-13,23,26-28H,4-5,10,14H2,1-3H3/t23-/m0/s1. The molecule has 2 aromatic carbocycles. The van der Waals surface area contributed by atoms with Crippen molar-refractivity contribution in [2.24, 2.45) is 0 Å². The summed E-state index contributed by atoms with van der Waals surface area (Å²) in [6, 6.07) is 7.67. The third-order valence-corrected chi connectivity index (χ3v) is 5.14. The molecule has 5 nitrogen and oxygen atoms in total. The van der Waals surface area contributed by atoms with Gasteiger partial charge in [-0.15, -0.1) is 0 Å². The number of rotatable bonds is 6. The normalized spacial score (nSPS) is 16.0. The summed E-state index contributed by atoms with van der Waals surface area (Å²) in [6.07, 6.45) is 6.44. The van der Waals surface area contributed by atoms with Crippen molar-refractivity contribution in [3.05, 3.63) is 70.3 Å². The Morgan fingerprint density at radius 2 is 1.77 bits per heavy atom. The summed E-state index contributed by atoms with van der Waals surface area (Å²) in [7, 11) is 0. The highest BCUT2D eigenvalue weighted by Gasteiger charge is 2.31. The van der Waals surface area contributed by atoms with Crippen molar-refractivity contribution in [2.75, 3.05) is 0 Å². The lowest BCUT2D eigenvalue weighted by molar-refractivity contribution is 0.0844. The number of ketones is 1. The molecule has 0 radical (unpaired) electrons. The van der Waals surface area contributed by atoms with Crippen LogP contribution in [0.3, 0.4) is 0 Å². The second-order valence-corrected chi connectivity index (χ2v) is 8.05. The van der Waals surface area contributed by atoms with Crippen LogP contribution in [-0.4, -0.2) is 21.1 Å². The third kappa shape index (κ3) is 5.03. The molecule has 0 spiro atoms. The van der Waals surface area contributed by atoms with Gasteiger partial charge in [0.2, 0.25) is 0 Å². The van der Waals surface area contributed by atoms with Gasteiger partial charge in [0.15, 0.2) is 5.78 Å². The molecule has 1 aliphatic heterocycles. The van der Waals surface area contributed by atoms with E-state index in [2.05, 4.69) is 26.0 Å². The van der Waals surface area contributed by atoms with E-state index in [0.717, 1.165) is 35.6 Å². The van der Waals surface area contributed by atoms with E-state index in [1.54, 1.807) is 12.1 Å². The number of phenols is 3. The van der Waals surface area contributed by atoms with E-state index >= 15 is 0 Å². The first kappa shape index (κ1) is 21.5. The quantitative estimate of drug-likeness (QED) is 0.419. The fourth-order valence-electron chi connectivity index (χ4n) is 3.63. The molecule has 1 atom stereocenters. The van der Waals surface area contributed by atoms with Crippen LogP contribution in [-0.2, 0) is 6.42 Å². The van der Waals surface area contributed by atoms with E-state index in [0.29, 0.717) is 6.42 Å². The molecule has 1 heterocycles. The van der Waals surface area contributed by atoms with Gasteiger partial charge < -0.3 is 20.1 Å². The number of carbonyl (C=O) groups is 1. The van der Waals surface area contributed by atoms with Crippen LogP contribution in [0.5, 0.6) is 23.0 Å². The van der Waals surface area contributed by atoms with Gasteiger partial charge in [0, 0.05) is 12.1 Å². The summed E-state index contributed by atoms with van der Waals surface area (Å²) in [6.45, 7) is 6.20. The molecule has 0 fully saturated rings. The predicted octanol–water partition coefficient (Wildman–Crippen LogP) is 5.75. The third-order valence-electron chi connectivity index (χ3n) is 5.14. The Kier molecular flexibility index (Phi) is 6.50. The SMILES string of the molecule is CC(C)=CCCC=C(C)Cc1cc([C@@H]2CC(=O)c3c(O)cc(O)cc3O2)ccc1O. The summed E-state index contributed by atoms with van der Waals surface area (Å²) in [5, 5.41) is 30.0. The number of Topliss-reactive ketones (excluding diaryl/α,β-unsaturated/α-hetero) is 1. The van der Waals surface area contributed by atoms with Crippen LogP contribution in [0.1, 0.15) is 67.6 Å². The van der Waals surface area contributed by atoms with Crippen molar-refractivity contribution in [1.82, 2.24) is 0 Å². The fourth-order valence-corrected chi connectivity index (χ4v) is 3.63. The second-order valence-electron chi connectivity index (χ2n) is 8.05. The lowest BCUT2D eigenvalue weighted by Gasteiger charge is -2.26. The topological polar surface area (TPSA) is 87.0 Å². The number of carbonyl (C=O) groups excluding carboxylic acids is 1. The van der Waals surface area contributed by atoms with E-state index in [-0.39, 0.29) is 40.8 Å². The highest BCUT2D eigenvalue weighted by atomic mass is 16.5. The molecule has 2 aromatic rings. The molecule has 0 saturated heterocycles. The Hall–Kier alpha value is -3.21. The summed E-state index contributed by atoms with van der Waals surface area (Å²) in [4.78, 5) is 12.5. The van der Waals surface area contributed by atoms with Crippen molar-refractivity contribution in [2.45, 2.75) is 52.6 Å². The number of fused-ring (bicyclic) bond motifs is 1. The molecule has 0 aliphatic carbocycles. The molecule has 158 valence electrons. The number of aromatic hydroxyl groups is 3. The monoisotopic (exact) mass is 408 g/mol. The summed E-state index contributed by atoms with van der Waals surface area (Å²) in [5.41, 5.74) is 4.09. The number of allylic oxidation sites excluding steroid dienone is 4. The Balaban J connectivity index is 1.79. The first-order valence-electron chi connectivity index (χ1n) is 10.1. The minimum atomic E-state index is -0.549. The zero-order valence-electron chi connectivity index (χ0n) is 17.6. The summed E-state index contributed by atoms with van der Waals surface area (Å²) < 4.78 is 5.91. The molecule has 0 unspecified atom stereocenters. The zero-order valence-corrected chi connectivity index (χ0v) is 17.6. The minimum Gasteiger partial charge on any atom is -0.508 e. The number of benzene rings is 2. The van der Waals surface area contributed by atoms with E-state index in [1.807, 2.05) is 13.0 Å². The Morgan fingerprint density at radius 3 is 2.50 bits per heavy atom. The molecule has 0 saturated carbocycles. The Bertz CT molecular complexity index is 1010. The average Bonchev–Trinajstić information content (AvgIpc) is 2.66. The van der Waals surface area contributed by atoms with Crippen LogP contribution in [0.2, 0.25) is 0 Å². The number of hydrogen-bond donors (Lipinski definition) is 3. The molecular formula is C25H28O5. The van der Waals surface area contributed by atoms with Gasteiger partial charge in [0.1, 0.15) is 34.7 Å². The van der Waals surface area contributed by atoms with Crippen molar-refractivity contribution < 1.29 is 24.9 Å². The molecular weight excluding hydrogens is 380 g/mol. The lowest BCUT2D eigenvalue weighted by atomic mass is 9.93. The van der Waals surface area contributed by atoms with Crippen molar-refractivity contribution in [3.63, 3.8) is 0 Å². The molecule has 5 heteroatoms. The van der Waals surface area contributed by atoms with Gasteiger partial charge >= 0.3 is 0 Å². The maximum atomic E-state index is 12.5. The van der Waals surface area contributed by atoms with Crippen molar-refractivity contribution in [3.8, 4) is 23.0 Å². The molecule has 1 aliphatic rings. The van der Waals surface area contributed by atoms with Crippen LogP contribution < -0.4 is 4.74 Å². The summed E-state index contributed by atoms with van der Waals surface area (Å²) >= 11 is 0. The lowest BCUT2D eigenvalue weighted by Crippen LogP contribution is -2.20. The zero-order chi connectivity index (χ0) is 21.8. The second kappa shape index (κ2) is 9.08. The highest BCUT2D eigenvalue weighted by molar-refractivity contribution is 6.02. The van der Waals surface area contributed by atoms with Crippen molar-refractivity contribution in [1.29, 1.82) is 0 Å². The Labute approximate surface area is 177 Å².